The number of aliphatic carboxylic acids is 1. The van der Waals surface area contributed by atoms with Gasteiger partial charge in [-0.3, -0.25) is 14.4 Å². The van der Waals surface area contributed by atoms with Gasteiger partial charge in [-0.05, 0) is 60.6 Å². The van der Waals surface area contributed by atoms with Crippen LogP contribution in [0.4, 0.5) is 0 Å². The molecule has 1 fully saturated rings. The van der Waals surface area contributed by atoms with Crippen molar-refractivity contribution < 1.29 is 24.2 Å². The zero-order valence-corrected chi connectivity index (χ0v) is 15.8. The maximum absolute atomic E-state index is 12.4. The molecule has 144 valence electrons. The first-order valence-electron chi connectivity index (χ1n) is 9.40. The molecular weight excluding hydrogens is 346 g/mol. The van der Waals surface area contributed by atoms with E-state index in [2.05, 4.69) is 0 Å². The monoisotopic (exact) mass is 371 g/mol. The molecule has 0 spiro atoms. The smallest absolute Gasteiger partial charge is 0.306 e. The number of benzene rings is 1. The Morgan fingerprint density at radius 3 is 2.59 bits per heavy atom. The zero-order valence-electron chi connectivity index (χ0n) is 15.8. The van der Waals surface area contributed by atoms with E-state index in [1.807, 2.05) is 26.0 Å². The van der Waals surface area contributed by atoms with Crippen LogP contribution < -0.4 is 4.74 Å². The van der Waals surface area contributed by atoms with E-state index in [0.29, 0.717) is 38.1 Å². The number of carbonyl (C=O) groups excluding carboxylic acids is 2. The number of piperidine rings is 1. The summed E-state index contributed by atoms with van der Waals surface area (Å²) in [6.07, 6.45) is 3.83. The minimum absolute atomic E-state index is 0.0816. The lowest BCUT2D eigenvalue weighted by Crippen LogP contribution is -2.42. The second-order valence-electron chi connectivity index (χ2n) is 7.16. The molecule has 0 aromatic heterocycles. The van der Waals surface area contributed by atoms with Gasteiger partial charge in [0.05, 0.1) is 5.92 Å². The van der Waals surface area contributed by atoms with Gasteiger partial charge in [-0.1, -0.05) is 13.0 Å². The van der Waals surface area contributed by atoms with Gasteiger partial charge in [-0.25, -0.2) is 0 Å². The number of carboxylic acids is 1. The number of carbonyl (C=O) groups is 3. The predicted molar refractivity (Wildman–Crippen MR) is 101 cm³/mol. The second kappa shape index (κ2) is 7.94. The molecule has 1 aliphatic heterocycles. The second-order valence-corrected chi connectivity index (χ2v) is 7.16. The Kier molecular flexibility index (Phi) is 5.63. The van der Waals surface area contributed by atoms with Crippen LogP contribution in [0.5, 0.6) is 5.75 Å². The van der Waals surface area contributed by atoms with Crippen molar-refractivity contribution in [2.24, 2.45) is 5.92 Å². The molecule has 0 atom stereocenters. The molecule has 1 saturated heterocycles. The molecule has 1 heterocycles. The van der Waals surface area contributed by atoms with Gasteiger partial charge in [-0.15, -0.1) is 0 Å². The Bertz CT molecular complexity index is 803. The first-order valence-corrected chi connectivity index (χ1v) is 9.40. The molecular formula is C21H25NO5. The molecule has 1 aliphatic carbocycles. The maximum Gasteiger partial charge on any atom is 0.306 e. The number of amides is 1. The molecule has 2 aliphatic rings. The van der Waals surface area contributed by atoms with Crippen molar-refractivity contribution in [1.29, 1.82) is 0 Å². The Hall–Kier alpha value is -2.63. The van der Waals surface area contributed by atoms with Gasteiger partial charge >= 0.3 is 5.97 Å². The van der Waals surface area contributed by atoms with Crippen LogP contribution in [-0.2, 0) is 20.8 Å². The van der Waals surface area contributed by atoms with Crippen LogP contribution in [0.3, 0.4) is 0 Å². The van der Waals surface area contributed by atoms with Gasteiger partial charge in [0.25, 0.3) is 5.91 Å². The Balaban J connectivity index is 1.65. The quantitative estimate of drug-likeness (QED) is 0.860. The summed E-state index contributed by atoms with van der Waals surface area (Å²) in [6.45, 7) is 4.76. The third-order valence-electron chi connectivity index (χ3n) is 5.51. The fourth-order valence-electron chi connectivity index (χ4n) is 3.82. The van der Waals surface area contributed by atoms with Crippen molar-refractivity contribution in [3.05, 3.63) is 34.9 Å². The topological polar surface area (TPSA) is 83.9 Å². The molecule has 6 nitrogen and oxygen atoms in total. The highest BCUT2D eigenvalue weighted by Crippen LogP contribution is 2.34. The van der Waals surface area contributed by atoms with Crippen LogP contribution >= 0.6 is 0 Å². The van der Waals surface area contributed by atoms with Crippen molar-refractivity contribution in [3.8, 4) is 5.75 Å². The van der Waals surface area contributed by atoms with Crippen LogP contribution in [-0.4, -0.2) is 47.4 Å². The van der Waals surface area contributed by atoms with Crippen molar-refractivity contribution in [2.75, 3.05) is 19.7 Å². The number of hydrogen-bond donors (Lipinski definition) is 1. The third kappa shape index (κ3) is 4.04. The summed E-state index contributed by atoms with van der Waals surface area (Å²) >= 11 is 0. The molecule has 27 heavy (non-hydrogen) atoms. The molecule has 0 radical (unpaired) electrons. The summed E-state index contributed by atoms with van der Waals surface area (Å²) in [5.41, 5.74) is 4.00. The zero-order chi connectivity index (χ0) is 19.6. The highest BCUT2D eigenvalue weighted by atomic mass is 16.5. The van der Waals surface area contributed by atoms with Gasteiger partial charge < -0.3 is 14.7 Å². The average Bonchev–Trinajstić information content (AvgIpc) is 2.67. The Morgan fingerprint density at radius 1 is 1.26 bits per heavy atom. The molecule has 0 unspecified atom stereocenters. The van der Waals surface area contributed by atoms with Gasteiger partial charge in [0.15, 0.2) is 12.4 Å². The molecule has 3 rings (SSSR count). The number of rotatable bonds is 5. The average molecular weight is 371 g/mol. The highest BCUT2D eigenvalue weighted by molar-refractivity contribution is 6.02. The number of nitrogens with zero attached hydrogens (tertiary/aromatic N) is 1. The highest BCUT2D eigenvalue weighted by Gasteiger charge is 2.27. The number of hydrogen-bond acceptors (Lipinski definition) is 4. The molecule has 6 heteroatoms. The van der Waals surface area contributed by atoms with E-state index in [9.17, 15) is 14.4 Å². The van der Waals surface area contributed by atoms with Crippen LogP contribution in [0.1, 0.15) is 42.9 Å². The first kappa shape index (κ1) is 19.1. The number of allylic oxidation sites excluding steroid dienone is 2. The normalized spacial score (nSPS) is 17.3. The van der Waals surface area contributed by atoms with Crippen LogP contribution in [0.25, 0.3) is 5.57 Å². The van der Waals surface area contributed by atoms with Gasteiger partial charge in [-0.2, -0.15) is 0 Å². The van der Waals surface area contributed by atoms with Crippen LogP contribution in [0, 0.1) is 12.8 Å². The minimum Gasteiger partial charge on any atom is -0.483 e. The van der Waals surface area contributed by atoms with Crippen molar-refractivity contribution in [2.45, 2.75) is 39.5 Å². The largest absolute Gasteiger partial charge is 0.483 e. The van der Waals surface area contributed by atoms with E-state index >= 15 is 0 Å². The third-order valence-corrected chi connectivity index (χ3v) is 5.51. The van der Waals surface area contributed by atoms with Crippen molar-refractivity contribution in [1.82, 2.24) is 4.90 Å². The van der Waals surface area contributed by atoms with E-state index in [4.69, 9.17) is 9.84 Å². The lowest BCUT2D eigenvalue weighted by atomic mass is 9.86. The minimum atomic E-state index is -0.793. The van der Waals surface area contributed by atoms with E-state index in [1.165, 1.54) is 0 Å². The summed E-state index contributed by atoms with van der Waals surface area (Å²) in [5, 5.41) is 9.04. The molecule has 1 aromatic rings. The van der Waals surface area contributed by atoms with E-state index < -0.39 is 5.97 Å². The maximum atomic E-state index is 12.4. The lowest BCUT2D eigenvalue weighted by Gasteiger charge is -2.30. The number of ether oxygens (including phenoxy) is 1. The molecule has 1 amide bonds. The summed E-state index contributed by atoms with van der Waals surface area (Å²) in [6, 6.07) is 3.82. The fraction of sp³-hybridized carbons (Fsp3) is 0.476. The molecule has 0 bridgehead atoms. The van der Waals surface area contributed by atoms with Crippen LogP contribution in [0.15, 0.2) is 18.2 Å². The standard InChI is InChI=1S/C21H25NO5/c1-3-14-10-16(23)11-18-13(2)19(5-4-17(14)18)27-12-20(24)22-8-6-15(7-9-22)21(25)26/h4-5,10,15H,3,6-9,11-12H2,1-2H3,(H,25,26). The van der Waals surface area contributed by atoms with Gasteiger partial charge in [0.2, 0.25) is 0 Å². The Labute approximate surface area is 158 Å². The Morgan fingerprint density at radius 2 is 1.96 bits per heavy atom. The predicted octanol–water partition coefficient (Wildman–Crippen LogP) is 2.62. The SMILES string of the molecule is CCC1=CC(=O)Cc2c1ccc(OCC(=O)N1CCC(C(=O)O)CC1)c2C. The van der Waals surface area contributed by atoms with Crippen molar-refractivity contribution in [3.63, 3.8) is 0 Å². The summed E-state index contributed by atoms with van der Waals surface area (Å²) in [5.74, 6) is -0.583. The van der Waals surface area contributed by atoms with E-state index in [1.54, 1.807) is 11.0 Å². The summed E-state index contributed by atoms with van der Waals surface area (Å²) in [7, 11) is 0. The fourth-order valence-corrected chi connectivity index (χ4v) is 3.82. The van der Waals surface area contributed by atoms with Gasteiger partial charge in [0, 0.05) is 19.5 Å². The molecule has 0 saturated carbocycles. The lowest BCUT2D eigenvalue weighted by molar-refractivity contribution is -0.146. The summed E-state index contributed by atoms with van der Waals surface area (Å²) < 4.78 is 5.76. The van der Waals surface area contributed by atoms with E-state index in [-0.39, 0.29) is 24.2 Å². The van der Waals surface area contributed by atoms with Crippen LogP contribution in [0.2, 0.25) is 0 Å². The summed E-state index contributed by atoms with van der Waals surface area (Å²) in [4.78, 5) is 37.0. The molecule has 1 aromatic carbocycles. The number of carboxylic acid groups (broad SMARTS) is 1. The van der Waals surface area contributed by atoms with Crippen molar-refractivity contribution >= 4 is 23.2 Å². The van der Waals surface area contributed by atoms with E-state index in [0.717, 1.165) is 28.7 Å². The first-order chi connectivity index (χ1) is 12.9. The number of likely N-dealkylation sites (tertiary alicyclic amines) is 1. The number of ketones is 1. The number of fused-ring (bicyclic) bond motifs is 1. The molecule has 1 N–H and O–H groups in total. The van der Waals surface area contributed by atoms with Gasteiger partial charge in [0.1, 0.15) is 5.75 Å².